The minimum Gasteiger partial charge on any atom is -0.345 e. The van der Waals surface area contributed by atoms with Crippen LogP contribution in [0, 0.1) is 0 Å². The van der Waals surface area contributed by atoms with Crippen molar-refractivity contribution < 1.29 is 4.79 Å². The molecule has 3 nitrogen and oxygen atoms in total. The Kier molecular flexibility index (Phi) is 3.62. The monoisotopic (exact) mass is 288 g/mol. The molecule has 0 aliphatic heterocycles. The van der Waals surface area contributed by atoms with E-state index in [1.165, 1.54) is 0 Å². The van der Waals surface area contributed by atoms with Crippen LogP contribution >= 0.6 is 11.6 Å². The van der Waals surface area contributed by atoms with Crippen LogP contribution in [0.1, 0.15) is 36.0 Å². The Morgan fingerprint density at radius 2 is 2.10 bits per heavy atom. The largest absolute Gasteiger partial charge is 0.345 e. The Labute approximate surface area is 123 Å². The molecule has 0 radical (unpaired) electrons. The fourth-order valence-corrected chi connectivity index (χ4v) is 3.21. The van der Waals surface area contributed by atoms with Gasteiger partial charge in [0.05, 0.1) is 11.1 Å². The van der Waals surface area contributed by atoms with Gasteiger partial charge in [-0.25, -0.2) is 0 Å². The first-order valence-corrected chi connectivity index (χ1v) is 7.49. The van der Waals surface area contributed by atoms with Gasteiger partial charge in [-0.2, -0.15) is 0 Å². The number of nitrogens with one attached hydrogen (secondary N) is 1. The Balaban J connectivity index is 1.85. The van der Waals surface area contributed by atoms with Crippen molar-refractivity contribution in [2.75, 3.05) is 5.88 Å². The summed E-state index contributed by atoms with van der Waals surface area (Å²) in [4.78, 5) is 16.7. The van der Waals surface area contributed by atoms with Crippen LogP contribution < -0.4 is 5.32 Å². The molecule has 1 N–H and O–H groups in total. The van der Waals surface area contributed by atoms with Crippen LogP contribution in [0.15, 0.2) is 36.5 Å². The molecular formula is C16H17ClN2O. The average molecular weight is 289 g/mol. The molecule has 0 saturated heterocycles. The first-order valence-electron chi connectivity index (χ1n) is 6.96. The fourth-order valence-electron chi connectivity index (χ4n) is 2.87. The van der Waals surface area contributed by atoms with E-state index in [9.17, 15) is 4.79 Å². The van der Waals surface area contributed by atoms with E-state index in [0.29, 0.717) is 11.4 Å². The molecule has 20 heavy (non-hydrogen) atoms. The summed E-state index contributed by atoms with van der Waals surface area (Å²) in [6, 6.07) is 9.43. The van der Waals surface area contributed by atoms with E-state index in [-0.39, 0.29) is 11.4 Å². The smallest absolute Gasteiger partial charge is 0.251 e. The van der Waals surface area contributed by atoms with Crippen molar-refractivity contribution in [3.05, 3.63) is 42.1 Å². The van der Waals surface area contributed by atoms with Crippen molar-refractivity contribution in [2.24, 2.45) is 0 Å². The van der Waals surface area contributed by atoms with Crippen molar-refractivity contribution in [2.45, 2.75) is 31.2 Å². The summed E-state index contributed by atoms with van der Waals surface area (Å²) < 4.78 is 0. The van der Waals surface area contributed by atoms with E-state index >= 15 is 0 Å². The lowest BCUT2D eigenvalue weighted by molar-refractivity contribution is 0.0909. The van der Waals surface area contributed by atoms with Crippen LogP contribution in [0.4, 0.5) is 0 Å². The van der Waals surface area contributed by atoms with Crippen molar-refractivity contribution in [3.63, 3.8) is 0 Å². The van der Waals surface area contributed by atoms with Crippen LogP contribution in [-0.2, 0) is 0 Å². The number of nitrogens with zero attached hydrogens (tertiary/aromatic N) is 1. The van der Waals surface area contributed by atoms with Crippen molar-refractivity contribution in [3.8, 4) is 0 Å². The standard InChI is InChI=1S/C16H17ClN2O/c17-11-16(7-1-2-8-16)19-15(20)13-5-6-14-12(10-13)4-3-9-18-14/h3-6,9-10H,1-2,7-8,11H2,(H,19,20). The maximum Gasteiger partial charge on any atom is 0.251 e. The summed E-state index contributed by atoms with van der Waals surface area (Å²) in [5, 5.41) is 4.11. The van der Waals surface area contributed by atoms with Crippen LogP contribution in [0.2, 0.25) is 0 Å². The van der Waals surface area contributed by atoms with Gasteiger partial charge in [-0.05, 0) is 37.1 Å². The van der Waals surface area contributed by atoms with Gasteiger partial charge in [-0.1, -0.05) is 18.9 Å². The Bertz CT molecular complexity index is 635. The number of aromatic nitrogens is 1. The van der Waals surface area contributed by atoms with Gasteiger partial charge >= 0.3 is 0 Å². The second kappa shape index (κ2) is 5.41. The molecule has 1 heterocycles. The zero-order valence-corrected chi connectivity index (χ0v) is 12.0. The molecule has 0 atom stereocenters. The summed E-state index contributed by atoms with van der Waals surface area (Å²) in [7, 11) is 0. The maximum absolute atomic E-state index is 12.4. The van der Waals surface area contributed by atoms with E-state index in [0.717, 1.165) is 36.6 Å². The zero-order valence-electron chi connectivity index (χ0n) is 11.2. The number of benzene rings is 1. The number of amides is 1. The van der Waals surface area contributed by atoms with Gasteiger partial charge in [-0.15, -0.1) is 11.6 Å². The van der Waals surface area contributed by atoms with Gasteiger partial charge in [-0.3, -0.25) is 9.78 Å². The molecule has 1 fully saturated rings. The van der Waals surface area contributed by atoms with Gasteiger partial charge in [0.1, 0.15) is 0 Å². The SMILES string of the molecule is O=C(NC1(CCl)CCCC1)c1ccc2ncccc2c1. The molecule has 0 unspecified atom stereocenters. The summed E-state index contributed by atoms with van der Waals surface area (Å²) in [5.41, 5.74) is 1.35. The normalized spacial score (nSPS) is 17.2. The van der Waals surface area contributed by atoms with Crippen LogP contribution in [0.3, 0.4) is 0 Å². The molecule has 104 valence electrons. The molecular weight excluding hydrogens is 272 g/mol. The molecule has 1 saturated carbocycles. The van der Waals surface area contributed by atoms with E-state index in [1.807, 2.05) is 30.3 Å². The Morgan fingerprint density at radius 3 is 2.85 bits per heavy atom. The first kappa shape index (κ1) is 13.4. The summed E-state index contributed by atoms with van der Waals surface area (Å²) in [5.74, 6) is 0.437. The highest BCUT2D eigenvalue weighted by Crippen LogP contribution is 2.31. The third-order valence-electron chi connectivity index (χ3n) is 4.06. The lowest BCUT2D eigenvalue weighted by Crippen LogP contribution is -2.47. The third-order valence-corrected chi connectivity index (χ3v) is 4.57. The number of carbonyl (C=O) groups is 1. The third kappa shape index (κ3) is 2.50. The second-order valence-electron chi connectivity index (χ2n) is 5.49. The quantitative estimate of drug-likeness (QED) is 0.878. The molecule has 3 rings (SSSR count). The average Bonchev–Trinajstić information content (AvgIpc) is 2.96. The van der Waals surface area contributed by atoms with Crippen LogP contribution in [-0.4, -0.2) is 22.3 Å². The summed E-state index contributed by atoms with van der Waals surface area (Å²) in [6.07, 6.45) is 5.96. The van der Waals surface area contributed by atoms with Gasteiger partial charge in [0.25, 0.3) is 5.91 Å². The number of fused-ring (bicyclic) bond motifs is 1. The van der Waals surface area contributed by atoms with E-state index < -0.39 is 0 Å². The highest BCUT2D eigenvalue weighted by atomic mass is 35.5. The Morgan fingerprint density at radius 1 is 1.30 bits per heavy atom. The van der Waals surface area contributed by atoms with Crippen LogP contribution in [0.25, 0.3) is 10.9 Å². The number of alkyl halides is 1. The molecule has 1 aromatic heterocycles. The molecule has 1 aromatic carbocycles. The van der Waals surface area contributed by atoms with Crippen molar-refractivity contribution in [1.82, 2.24) is 10.3 Å². The van der Waals surface area contributed by atoms with Gasteiger partial charge < -0.3 is 5.32 Å². The van der Waals surface area contributed by atoms with Crippen LogP contribution in [0.5, 0.6) is 0 Å². The number of hydrogen-bond donors (Lipinski definition) is 1. The summed E-state index contributed by atoms with van der Waals surface area (Å²) in [6.45, 7) is 0. The first-order chi connectivity index (χ1) is 9.72. The molecule has 1 aliphatic rings. The molecule has 1 amide bonds. The zero-order chi connectivity index (χ0) is 14.0. The van der Waals surface area contributed by atoms with Crippen molar-refractivity contribution in [1.29, 1.82) is 0 Å². The summed E-state index contributed by atoms with van der Waals surface area (Å²) >= 11 is 6.07. The van der Waals surface area contributed by atoms with E-state index in [1.54, 1.807) is 6.20 Å². The van der Waals surface area contributed by atoms with E-state index in [2.05, 4.69) is 10.3 Å². The van der Waals surface area contributed by atoms with Crippen molar-refractivity contribution >= 4 is 28.4 Å². The number of halogens is 1. The molecule has 4 heteroatoms. The predicted molar refractivity (Wildman–Crippen MR) is 81.1 cm³/mol. The highest BCUT2D eigenvalue weighted by molar-refractivity contribution is 6.19. The van der Waals surface area contributed by atoms with Gasteiger partial charge in [0, 0.05) is 23.0 Å². The Hall–Kier alpha value is -1.61. The maximum atomic E-state index is 12.4. The second-order valence-corrected chi connectivity index (χ2v) is 5.75. The predicted octanol–water partition coefficient (Wildman–Crippen LogP) is 3.52. The number of carbonyl (C=O) groups excluding carboxylic acids is 1. The lowest BCUT2D eigenvalue weighted by Gasteiger charge is -2.27. The highest BCUT2D eigenvalue weighted by Gasteiger charge is 2.34. The van der Waals surface area contributed by atoms with Gasteiger partial charge in [0.2, 0.25) is 0 Å². The topological polar surface area (TPSA) is 42.0 Å². The number of pyridine rings is 1. The lowest BCUT2D eigenvalue weighted by atomic mass is 9.99. The van der Waals surface area contributed by atoms with E-state index in [4.69, 9.17) is 11.6 Å². The minimum absolute atomic E-state index is 0.0432. The number of rotatable bonds is 3. The fraction of sp³-hybridized carbons (Fsp3) is 0.375. The minimum atomic E-state index is -0.220. The number of hydrogen-bond acceptors (Lipinski definition) is 2. The molecule has 0 spiro atoms. The molecule has 1 aliphatic carbocycles. The van der Waals surface area contributed by atoms with Gasteiger partial charge in [0.15, 0.2) is 0 Å². The molecule has 2 aromatic rings. The molecule has 0 bridgehead atoms.